The molecule has 2 saturated carbocycles. The largest absolute Gasteiger partial charge is 0.481 e. The second-order valence-corrected chi connectivity index (χ2v) is 7.11. The zero-order valence-corrected chi connectivity index (χ0v) is 12.7. The first-order valence-electron chi connectivity index (χ1n) is 8.21. The van der Waals surface area contributed by atoms with E-state index < -0.39 is 11.9 Å². The average Bonchev–Trinajstić information content (AvgIpc) is 3.17. The van der Waals surface area contributed by atoms with Gasteiger partial charge in [-0.05, 0) is 56.1 Å². The molecule has 1 amide bonds. The Balaban J connectivity index is 1.68. The molecule has 4 heteroatoms. The predicted molar refractivity (Wildman–Crippen MR) is 82.5 cm³/mol. The number of carboxylic acid groups (broad SMARTS) is 1. The summed E-state index contributed by atoms with van der Waals surface area (Å²) in [6.45, 7) is 2.06. The van der Waals surface area contributed by atoms with Crippen molar-refractivity contribution in [2.45, 2.75) is 38.6 Å². The van der Waals surface area contributed by atoms with Crippen molar-refractivity contribution in [1.29, 1.82) is 0 Å². The first-order valence-corrected chi connectivity index (χ1v) is 8.21. The number of nitrogens with zero attached hydrogens (tertiary/aromatic N) is 1. The fourth-order valence-electron chi connectivity index (χ4n) is 5.06. The number of carboxylic acids is 1. The third-order valence-electron chi connectivity index (χ3n) is 5.93. The van der Waals surface area contributed by atoms with Crippen LogP contribution in [0.25, 0.3) is 0 Å². The van der Waals surface area contributed by atoms with Gasteiger partial charge in [-0.25, -0.2) is 0 Å². The summed E-state index contributed by atoms with van der Waals surface area (Å²) in [5.74, 6) is -1.10. The molecule has 1 aromatic carbocycles. The van der Waals surface area contributed by atoms with Crippen LogP contribution < -0.4 is 4.90 Å². The molecule has 1 aromatic rings. The van der Waals surface area contributed by atoms with E-state index in [0.717, 1.165) is 31.4 Å². The molecular formula is C18H21NO3. The van der Waals surface area contributed by atoms with Gasteiger partial charge in [0, 0.05) is 11.7 Å². The van der Waals surface area contributed by atoms with Crippen LogP contribution in [0.3, 0.4) is 0 Å². The monoisotopic (exact) mass is 299 g/mol. The molecule has 1 N–H and O–H groups in total. The molecule has 5 atom stereocenters. The van der Waals surface area contributed by atoms with E-state index in [0.29, 0.717) is 0 Å². The molecular weight excluding hydrogens is 278 g/mol. The summed E-state index contributed by atoms with van der Waals surface area (Å²) < 4.78 is 0. The summed E-state index contributed by atoms with van der Waals surface area (Å²) >= 11 is 0. The van der Waals surface area contributed by atoms with E-state index in [1.807, 2.05) is 23.1 Å². The Morgan fingerprint density at radius 1 is 1.14 bits per heavy atom. The van der Waals surface area contributed by atoms with Gasteiger partial charge in [-0.15, -0.1) is 0 Å². The lowest BCUT2D eigenvalue weighted by Crippen LogP contribution is -2.46. The van der Waals surface area contributed by atoms with Gasteiger partial charge in [-0.3, -0.25) is 9.59 Å². The zero-order valence-electron chi connectivity index (χ0n) is 12.7. The SMILES string of the molecule is C[C@@H]1Cc2ccccc2N1C(=O)[C@@H]1[C@@H]2CC[C@H](C2)[C@@H]1C(=O)O. The highest BCUT2D eigenvalue weighted by molar-refractivity contribution is 6.00. The molecule has 2 aliphatic carbocycles. The van der Waals surface area contributed by atoms with Crippen molar-refractivity contribution < 1.29 is 14.7 Å². The van der Waals surface area contributed by atoms with Gasteiger partial charge in [0.2, 0.25) is 5.91 Å². The van der Waals surface area contributed by atoms with Crippen LogP contribution in [0.2, 0.25) is 0 Å². The van der Waals surface area contributed by atoms with Crippen molar-refractivity contribution >= 4 is 17.6 Å². The predicted octanol–water partition coefficient (Wildman–Crippen LogP) is 2.71. The molecule has 0 spiro atoms. The fraction of sp³-hybridized carbons (Fsp3) is 0.556. The second kappa shape index (κ2) is 4.83. The zero-order chi connectivity index (χ0) is 15.4. The van der Waals surface area contributed by atoms with Crippen LogP contribution >= 0.6 is 0 Å². The summed E-state index contributed by atoms with van der Waals surface area (Å²) in [7, 11) is 0. The maximum Gasteiger partial charge on any atom is 0.307 e. The first kappa shape index (κ1) is 13.8. The number of hydrogen-bond acceptors (Lipinski definition) is 2. The van der Waals surface area contributed by atoms with Gasteiger partial charge in [-0.1, -0.05) is 18.2 Å². The minimum absolute atomic E-state index is 0.0389. The van der Waals surface area contributed by atoms with Crippen molar-refractivity contribution in [3.05, 3.63) is 29.8 Å². The molecule has 0 saturated heterocycles. The summed E-state index contributed by atoms with van der Waals surface area (Å²) in [5, 5.41) is 9.59. The van der Waals surface area contributed by atoms with Crippen molar-refractivity contribution in [2.75, 3.05) is 4.90 Å². The Kier molecular flexibility index (Phi) is 3.03. The minimum atomic E-state index is -0.786. The number of amides is 1. The van der Waals surface area contributed by atoms with E-state index in [1.165, 1.54) is 5.56 Å². The van der Waals surface area contributed by atoms with E-state index in [2.05, 4.69) is 13.0 Å². The van der Waals surface area contributed by atoms with Crippen LogP contribution in [0.15, 0.2) is 24.3 Å². The van der Waals surface area contributed by atoms with Gasteiger partial charge < -0.3 is 10.0 Å². The normalized spacial score (nSPS) is 35.7. The van der Waals surface area contributed by atoms with Gasteiger partial charge in [0.25, 0.3) is 0 Å². The van der Waals surface area contributed by atoms with Crippen LogP contribution in [0.5, 0.6) is 0 Å². The first-order chi connectivity index (χ1) is 10.6. The Hall–Kier alpha value is -1.84. The fourth-order valence-corrected chi connectivity index (χ4v) is 5.06. The van der Waals surface area contributed by atoms with Gasteiger partial charge in [0.15, 0.2) is 0 Å². The van der Waals surface area contributed by atoms with Crippen LogP contribution in [0.1, 0.15) is 31.7 Å². The maximum atomic E-state index is 13.2. The number of para-hydroxylation sites is 1. The molecule has 2 fully saturated rings. The molecule has 0 unspecified atom stereocenters. The topological polar surface area (TPSA) is 57.6 Å². The Labute approximate surface area is 130 Å². The number of benzene rings is 1. The molecule has 0 radical (unpaired) electrons. The number of hydrogen-bond donors (Lipinski definition) is 1. The van der Waals surface area contributed by atoms with E-state index in [-0.39, 0.29) is 29.7 Å². The number of carbonyl (C=O) groups is 2. The number of carbonyl (C=O) groups excluding carboxylic acids is 1. The van der Waals surface area contributed by atoms with Crippen molar-refractivity contribution in [3.8, 4) is 0 Å². The summed E-state index contributed by atoms with van der Waals surface area (Å²) in [5.41, 5.74) is 2.17. The lowest BCUT2D eigenvalue weighted by Gasteiger charge is -2.33. The van der Waals surface area contributed by atoms with Crippen LogP contribution in [-0.4, -0.2) is 23.0 Å². The molecule has 1 aliphatic heterocycles. The maximum absolute atomic E-state index is 13.2. The summed E-state index contributed by atoms with van der Waals surface area (Å²) in [6.07, 6.45) is 3.75. The van der Waals surface area contributed by atoms with E-state index in [9.17, 15) is 14.7 Å². The highest BCUT2D eigenvalue weighted by Crippen LogP contribution is 2.53. The lowest BCUT2D eigenvalue weighted by molar-refractivity contribution is -0.149. The molecule has 4 rings (SSSR count). The van der Waals surface area contributed by atoms with Crippen LogP contribution in [0.4, 0.5) is 5.69 Å². The highest BCUT2D eigenvalue weighted by Gasteiger charge is 2.55. The molecule has 22 heavy (non-hydrogen) atoms. The van der Waals surface area contributed by atoms with Crippen molar-refractivity contribution in [1.82, 2.24) is 0 Å². The molecule has 1 heterocycles. The van der Waals surface area contributed by atoms with Gasteiger partial charge in [-0.2, -0.15) is 0 Å². The van der Waals surface area contributed by atoms with E-state index in [4.69, 9.17) is 0 Å². The van der Waals surface area contributed by atoms with Crippen LogP contribution in [-0.2, 0) is 16.0 Å². The van der Waals surface area contributed by atoms with Gasteiger partial charge in [0.1, 0.15) is 0 Å². The highest BCUT2D eigenvalue weighted by atomic mass is 16.4. The van der Waals surface area contributed by atoms with Crippen LogP contribution in [0, 0.1) is 23.7 Å². The number of aliphatic carboxylic acids is 1. The lowest BCUT2D eigenvalue weighted by atomic mass is 9.78. The van der Waals surface area contributed by atoms with Gasteiger partial charge in [0.05, 0.1) is 11.8 Å². The summed E-state index contributed by atoms with van der Waals surface area (Å²) in [6, 6.07) is 8.12. The standard InChI is InChI=1S/C18H21NO3/c1-10-8-11-4-2-3-5-14(11)19(10)17(20)15-12-6-7-13(9-12)16(15)18(21)22/h2-5,10,12-13,15-16H,6-9H2,1H3,(H,21,22)/t10-,12-,13-,15-,16+/m1/s1. The van der Waals surface area contributed by atoms with Crippen molar-refractivity contribution in [2.24, 2.45) is 23.7 Å². The average molecular weight is 299 g/mol. The molecule has 2 bridgehead atoms. The third-order valence-corrected chi connectivity index (χ3v) is 5.93. The Morgan fingerprint density at radius 3 is 2.55 bits per heavy atom. The molecule has 116 valence electrons. The summed E-state index contributed by atoms with van der Waals surface area (Å²) in [4.78, 5) is 26.7. The van der Waals surface area contributed by atoms with E-state index in [1.54, 1.807) is 0 Å². The van der Waals surface area contributed by atoms with Gasteiger partial charge >= 0.3 is 5.97 Å². The molecule has 3 aliphatic rings. The number of anilines is 1. The van der Waals surface area contributed by atoms with Crippen molar-refractivity contribution in [3.63, 3.8) is 0 Å². The third kappa shape index (κ3) is 1.82. The quantitative estimate of drug-likeness (QED) is 0.913. The number of rotatable bonds is 2. The number of fused-ring (bicyclic) bond motifs is 3. The second-order valence-electron chi connectivity index (χ2n) is 7.11. The Morgan fingerprint density at radius 2 is 1.82 bits per heavy atom. The minimum Gasteiger partial charge on any atom is -0.481 e. The smallest absolute Gasteiger partial charge is 0.307 e. The Bertz CT molecular complexity index is 641. The molecule has 4 nitrogen and oxygen atoms in total. The van der Waals surface area contributed by atoms with E-state index >= 15 is 0 Å². The molecule has 0 aromatic heterocycles.